The van der Waals surface area contributed by atoms with Crippen LogP contribution in [0, 0.1) is 17.8 Å². The van der Waals surface area contributed by atoms with Gasteiger partial charge in [-0.3, -0.25) is 19.3 Å². The zero-order valence-corrected chi connectivity index (χ0v) is 23.8. The van der Waals surface area contributed by atoms with Crippen molar-refractivity contribution in [2.45, 2.75) is 51.3 Å². The van der Waals surface area contributed by atoms with E-state index in [9.17, 15) is 34.8 Å². The van der Waals surface area contributed by atoms with Crippen LogP contribution >= 0.6 is 0 Å². The van der Waals surface area contributed by atoms with Crippen molar-refractivity contribution in [3.8, 4) is 11.5 Å². The first-order chi connectivity index (χ1) is 18.7. The lowest BCUT2D eigenvalue weighted by Gasteiger charge is -2.50. The van der Waals surface area contributed by atoms with Gasteiger partial charge < -0.3 is 35.8 Å². The second-order valence-corrected chi connectivity index (χ2v) is 11.8. The number of ether oxygens (including phenoxy) is 1. The van der Waals surface area contributed by atoms with E-state index in [0.29, 0.717) is 29.3 Å². The van der Waals surface area contributed by atoms with Gasteiger partial charge >= 0.3 is 0 Å². The van der Waals surface area contributed by atoms with Gasteiger partial charge in [-0.1, -0.05) is 13.8 Å². The van der Waals surface area contributed by atoms with Gasteiger partial charge in [0.1, 0.15) is 28.6 Å². The highest BCUT2D eigenvalue weighted by Crippen LogP contribution is 2.54. The van der Waals surface area contributed by atoms with Gasteiger partial charge in [-0.05, 0) is 64.9 Å². The fourth-order valence-corrected chi connectivity index (χ4v) is 6.58. The number of likely N-dealkylation sites (N-methyl/N-ethyl adjacent to an activating group) is 1. The molecule has 3 aliphatic carbocycles. The fourth-order valence-electron chi connectivity index (χ4n) is 6.58. The molecular weight excluding hydrogens is 518 g/mol. The molecule has 1 aromatic carbocycles. The van der Waals surface area contributed by atoms with Crippen molar-refractivity contribution in [3.05, 3.63) is 39.7 Å². The zero-order chi connectivity index (χ0) is 29.8. The van der Waals surface area contributed by atoms with Crippen LogP contribution in [0.2, 0.25) is 0 Å². The third-order valence-electron chi connectivity index (χ3n) is 8.48. The quantitative estimate of drug-likeness (QED) is 0.294. The molecule has 3 aliphatic rings. The Morgan fingerprint density at radius 1 is 1.20 bits per heavy atom. The number of aliphatic hydroxyl groups is 3. The molecule has 0 radical (unpaired) electrons. The molecule has 0 aromatic heterocycles. The van der Waals surface area contributed by atoms with Crippen LogP contribution < -0.4 is 10.5 Å². The normalized spacial score (nSPS) is 26.4. The zero-order valence-electron chi connectivity index (χ0n) is 23.8. The van der Waals surface area contributed by atoms with Crippen molar-refractivity contribution >= 4 is 23.2 Å². The molecule has 0 spiro atoms. The van der Waals surface area contributed by atoms with Gasteiger partial charge in [0.05, 0.1) is 18.7 Å². The summed E-state index contributed by atoms with van der Waals surface area (Å²) in [6.45, 7) is 5.59. The lowest BCUT2D eigenvalue weighted by atomic mass is 9.57. The Bertz CT molecular complexity index is 1330. The van der Waals surface area contributed by atoms with Crippen LogP contribution in [0.1, 0.15) is 43.4 Å². The van der Waals surface area contributed by atoms with E-state index in [1.165, 1.54) is 18.1 Å². The van der Waals surface area contributed by atoms with Gasteiger partial charge in [-0.2, -0.15) is 0 Å². The molecule has 0 bridgehead atoms. The minimum absolute atomic E-state index is 0.0155. The Morgan fingerprint density at radius 3 is 2.40 bits per heavy atom. The van der Waals surface area contributed by atoms with Gasteiger partial charge in [0, 0.05) is 29.2 Å². The highest BCUT2D eigenvalue weighted by atomic mass is 16.5. The molecule has 0 unspecified atom stereocenters. The van der Waals surface area contributed by atoms with Crippen LogP contribution in [0.25, 0.3) is 5.76 Å². The van der Waals surface area contributed by atoms with Crippen LogP contribution in [-0.4, -0.2) is 94.1 Å². The first kappa shape index (κ1) is 29.6. The second kappa shape index (κ2) is 10.5. The van der Waals surface area contributed by atoms with Crippen molar-refractivity contribution in [2.75, 3.05) is 34.8 Å². The number of Topliss-reactive ketones (excluding diaryl/α,β-unsaturated/α-hetero) is 2. The van der Waals surface area contributed by atoms with E-state index in [0.717, 1.165) is 13.0 Å². The number of carbonyl (C=O) groups excluding carboxylic acids is 3. The van der Waals surface area contributed by atoms with Crippen molar-refractivity contribution in [2.24, 2.45) is 23.5 Å². The summed E-state index contributed by atoms with van der Waals surface area (Å²) in [4.78, 5) is 42.9. The average molecular weight is 558 g/mol. The van der Waals surface area contributed by atoms with E-state index in [1.54, 1.807) is 14.1 Å². The van der Waals surface area contributed by atoms with Gasteiger partial charge in [0.25, 0.3) is 5.91 Å². The van der Waals surface area contributed by atoms with E-state index in [1.807, 2.05) is 7.05 Å². The number of phenolic OH excluding ortho intramolecular Hbond substituents is 1. The highest BCUT2D eigenvalue weighted by Gasteiger charge is 2.64. The molecule has 4 atom stereocenters. The minimum atomic E-state index is -2.66. The first-order valence-corrected chi connectivity index (χ1v) is 13.4. The molecule has 11 nitrogen and oxygen atoms in total. The molecule has 0 saturated heterocycles. The molecule has 1 aromatic rings. The molecule has 0 aliphatic heterocycles. The van der Waals surface area contributed by atoms with E-state index in [-0.39, 0.29) is 29.7 Å². The maximum Gasteiger partial charge on any atom is 0.255 e. The fraction of sp³-hybridized carbons (Fsp3) is 0.552. The maximum absolute atomic E-state index is 13.9. The van der Waals surface area contributed by atoms with Crippen LogP contribution in [-0.2, 0) is 27.3 Å². The summed E-state index contributed by atoms with van der Waals surface area (Å²) in [6.07, 6.45) is 1.19. The van der Waals surface area contributed by atoms with Crippen molar-refractivity contribution in [1.82, 2.24) is 9.80 Å². The third-order valence-corrected chi connectivity index (χ3v) is 8.48. The van der Waals surface area contributed by atoms with Crippen LogP contribution in [0.15, 0.2) is 23.0 Å². The number of aromatic hydroxyl groups is 1. The van der Waals surface area contributed by atoms with E-state index < -0.39 is 58.0 Å². The largest absolute Gasteiger partial charge is 0.508 e. The predicted molar refractivity (Wildman–Crippen MR) is 147 cm³/mol. The summed E-state index contributed by atoms with van der Waals surface area (Å²) in [6, 6.07) is 0.365. The second-order valence-electron chi connectivity index (χ2n) is 11.8. The Kier molecular flexibility index (Phi) is 7.78. The number of amides is 1. The summed E-state index contributed by atoms with van der Waals surface area (Å²) in [5.41, 5.74) is 2.92. The molecular formula is C29H39N3O8. The standard InChI is InChI=1S/C29H39N3O8/c1-13(2)7-8-32(5)12-15-11-18(33)20-16(25(15)40-6)9-14-10-17-22(31(3)4)24(35)21(28(30)38)27(37)29(17,39)26(36)19(14)23(20)34/h11,13-14,17,22,33-34,37,39H,7-10,12H2,1-6H3,(H2,30,38)/t14-,17-,22-,29-/m0/s1. The van der Waals surface area contributed by atoms with Crippen molar-refractivity contribution < 1.29 is 39.5 Å². The van der Waals surface area contributed by atoms with Gasteiger partial charge in [0.15, 0.2) is 11.4 Å². The smallest absolute Gasteiger partial charge is 0.255 e. The number of benzene rings is 1. The number of hydrogen-bond donors (Lipinski definition) is 5. The summed E-state index contributed by atoms with van der Waals surface area (Å²) >= 11 is 0. The summed E-state index contributed by atoms with van der Waals surface area (Å²) in [7, 11) is 6.60. The Hall–Kier alpha value is -3.41. The summed E-state index contributed by atoms with van der Waals surface area (Å²) < 4.78 is 5.77. The number of hydrogen-bond acceptors (Lipinski definition) is 10. The number of fused-ring (bicyclic) bond motifs is 3. The molecule has 1 amide bonds. The van der Waals surface area contributed by atoms with Gasteiger partial charge in [-0.25, -0.2) is 0 Å². The van der Waals surface area contributed by atoms with Crippen LogP contribution in [0.5, 0.6) is 11.5 Å². The summed E-state index contributed by atoms with van der Waals surface area (Å²) in [5.74, 6) is -5.77. The number of methoxy groups -OCH3 is 1. The van der Waals surface area contributed by atoms with Gasteiger partial charge in [-0.15, -0.1) is 0 Å². The molecule has 40 heavy (non-hydrogen) atoms. The van der Waals surface area contributed by atoms with Gasteiger partial charge in [0.2, 0.25) is 5.78 Å². The molecule has 1 saturated carbocycles. The van der Waals surface area contributed by atoms with E-state index >= 15 is 0 Å². The molecule has 4 rings (SSSR count). The Morgan fingerprint density at radius 2 is 1.85 bits per heavy atom. The average Bonchev–Trinajstić information content (AvgIpc) is 2.84. The Labute approximate surface area is 233 Å². The van der Waals surface area contributed by atoms with E-state index in [4.69, 9.17) is 10.5 Å². The lowest BCUT2D eigenvalue weighted by Crippen LogP contribution is -2.65. The van der Waals surface area contributed by atoms with Crippen molar-refractivity contribution in [3.63, 3.8) is 0 Å². The lowest BCUT2D eigenvalue weighted by molar-refractivity contribution is -0.153. The number of carbonyl (C=O) groups is 3. The number of ketones is 2. The SMILES string of the molecule is COc1c(CN(C)CCC(C)C)cc(O)c2c1C[C@H]1C[C@H]3[C@H](N(C)C)C(=O)C(C(N)=O)=C(O)[C@@]3(O)C(=O)C1=C2O. The molecule has 1 fully saturated rings. The third kappa shape index (κ3) is 4.46. The number of aliphatic hydroxyl groups excluding tert-OH is 2. The molecule has 218 valence electrons. The van der Waals surface area contributed by atoms with Crippen LogP contribution in [0.3, 0.4) is 0 Å². The van der Waals surface area contributed by atoms with Crippen LogP contribution in [0.4, 0.5) is 0 Å². The highest BCUT2D eigenvalue weighted by molar-refractivity contribution is 6.24. The number of primary amides is 1. The maximum atomic E-state index is 13.9. The minimum Gasteiger partial charge on any atom is -0.508 e. The monoisotopic (exact) mass is 557 g/mol. The number of rotatable bonds is 8. The van der Waals surface area contributed by atoms with Crippen molar-refractivity contribution in [1.29, 1.82) is 0 Å². The summed E-state index contributed by atoms with van der Waals surface area (Å²) in [5, 5.41) is 45.1. The number of nitrogens with two attached hydrogens (primary N) is 1. The first-order valence-electron chi connectivity index (χ1n) is 13.4. The van der Waals surface area contributed by atoms with E-state index in [2.05, 4.69) is 18.7 Å². The topological polar surface area (TPSA) is 174 Å². The molecule has 0 heterocycles. The number of phenols is 1. The molecule has 11 heteroatoms. The Balaban J connectivity index is 1.86. The predicted octanol–water partition coefficient (Wildman–Crippen LogP) is 1.45. The number of nitrogens with zero attached hydrogens (tertiary/aromatic N) is 2. The molecule has 6 N–H and O–H groups in total.